The number of carbonyl (C=O) groups is 1. The SMILES string of the molecule is COCCOCCOCCO[C@H]1CCN(C(=O)O)C1. The van der Waals surface area contributed by atoms with Crippen LogP contribution in [-0.4, -0.2) is 82.0 Å². The molecule has 1 N–H and O–H groups in total. The molecule has 1 amide bonds. The number of amides is 1. The average molecular weight is 277 g/mol. The van der Waals surface area contributed by atoms with Crippen molar-refractivity contribution in [2.45, 2.75) is 12.5 Å². The van der Waals surface area contributed by atoms with E-state index in [1.165, 1.54) is 4.90 Å². The van der Waals surface area contributed by atoms with E-state index in [1.807, 2.05) is 0 Å². The second-order valence-electron chi connectivity index (χ2n) is 4.23. The number of nitrogens with zero attached hydrogens (tertiary/aromatic N) is 1. The van der Waals surface area contributed by atoms with Crippen LogP contribution in [0, 0.1) is 0 Å². The van der Waals surface area contributed by atoms with Gasteiger partial charge in [0.2, 0.25) is 0 Å². The van der Waals surface area contributed by atoms with Gasteiger partial charge in [0.15, 0.2) is 0 Å². The van der Waals surface area contributed by atoms with Crippen molar-refractivity contribution in [1.82, 2.24) is 4.90 Å². The topological polar surface area (TPSA) is 77.5 Å². The maximum Gasteiger partial charge on any atom is 0.407 e. The van der Waals surface area contributed by atoms with Gasteiger partial charge in [0.1, 0.15) is 0 Å². The molecule has 7 nitrogen and oxygen atoms in total. The summed E-state index contributed by atoms with van der Waals surface area (Å²) in [7, 11) is 1.63. The summed E-state index contributed by atoms with van der Waals surface area (Å²) in [6, 6.07) is 0. The van der Waals surface area contributed by atoms with E-state index < -0.39 is 6.09 Å². The van der Waals surface area contributed by atoms with Crippen LogP contribution in [0.5, 0.6) is 0 Å². The molecule has 0 saturated carbocycles. The van der Waals surface area contributed by atoms with Crippen LogP contribution in [0.15, 0.2) is 0 Å². The molecule has 112 valence electrons. The summed E-state index contributed by atoms with van der Waals surface area (Å²) in [5, 5.41) is 8.78. The van der Waals surface area contributed by atoms with E-state index in [-0.39, 0.29) is 6.10 Å². The molecule has 1 heterocycles. The monoisotopic (exact) mass is 277 g/mol. The van der Waals surface area contributed by atoms with Gasteiger partial charge in [-0.15, -0.1) is 0 Å². The second kappa shape index (κ2) is 9.96. The predicted molar refractivity (Wildman–Crippen MR) is 67.5 cm³/mol. The molecule has 0 aromatic carbocycles. The standard InChI is InChI=1S/C12H23NO6/c1-16-4-5-17-6-7-18-8-9-19-11-2-3-13(10-11)12(14)15/h11H,2-10H2,1H3,(H,14,15)/t11-/m0/s1. The first-order valence-corrected chi connectivity index (χ1v) is 6.48. The van der Waals surface area contributed by atoms with Crippen LogP contribution in [0.4, 0.5) is 4.79 Å². The number of ether oxygens (including phenoxy) is 4. The van der Waals surface area contributed by atoms with Gasteiger partial charge in [-0.3, -0.25) is 0 Å². The lowest BCUT2D eigenvalue weighted by molar-refractivity contribution is -0.0133. The molecule has 1 saturated heterocycles. The minimum absolute atomic E-state index is 0.00217. The minimum Gasteiger partial charge on any atom is -0.465 e. The Bertz CT molecular complexity index is 250. The molecule has 19 heavy (non-hydrogen) atoms. The summed E-state index contributed by atoms with van der Waals surface area (Å²) in [5.74, 6) is 0. The van der Waals surface area contributed by atoms with Crippen LogP contribution in [-0.2, 0) is 18.9 Å². The van der Waals surface area contributed by atoms with Crippen molar-refractivity contribution >= 4 is 6.09 Å². The number of hydrogen-bond acceptors (Lipinski definition) is 5. The highest BCUT2D eigenvalue weighted by Crippen LogP contribution is 2.12. The maximum absolute atomic E-state index is 10.7. The molecule has 0 aromatic rings. The molecule has 0 bridgehead atoms. The summed E-state index contributed by atoms with van der Waals surface area (Å²) in [4.78, 5) is 12.1. The van der Waals surface area contributed by atoms with Crippen molar-refractivity contribution in [3.63, 3.8) is 0 Å². The van der Waals surface area contributed by atoms with Crippen molar-refractivity contribution in [3.8, 4) is 0 Å². The predicted octanol–water partition coefficient (Wildman–Crippen LogP) is 0.435. The van der Waals surface area contributed by atoms with Gasteiger partial charge >= 0.3 is 6.09 Å². The van der Waals surface area contributed by atoms with Crippen molar-refractivity contribution < 1.29 is 28.8 Å². The third-order valence-corrected chi connectivity index (χ3v) is 2.80. The largest absolute Gasteiger partial charge is 0.465 e. The Morgan fingerprint density at radius 2 is 1.79 bits per heavy atom. The fraction of sp³-hybridized carbons (Fsp3) is 0.917. The van der Waals surface area contributed by atoms with E-state index in [0.29, 0.717) is 52.7 Å². The van der Waals surface area contributed by atoms with E-state index in [0.717, 1.165) is 6.42 Å². The van der Waals surface area contributed by atoms with Gasteiger partial charge in [-0.2, -0.15) is 0 Å². The fourth-order valence-electron chi connectivity index (χ4n) is 1.78. The first-order chi connectivity index (χ1) is 9.24. The molecular formula is C12H23NO6. The summed E-state index contributed by atoms with van der Waals surface area (Å²) < 4.78 is 20.9. The normalized spacial score (nSPS) is 19.0. The Morgan fingerprint density at radius 3 is 2.37 bits per heavy atom. The van der Waals surface area contributed by atoms with Crippen molar-refractivity contribution in [1.29, 1.82) is 0 Å². The molecular weight excluding hydrogens is 254 g/mol. The number of methoxy groups -OCH3 is 1. The molecule has 1 rings (SSSR count). The summed E-state index contributed by atoms with van der Waals surface area (Å²) in [6.45, 7) is 4.21. The van der Waals surface area contributed by atoms with E-state index in [9.17, 15) is 4.79 Å². The van der Waals surface area contributed by atoms with Crippen LogP contribution in [0.1, 0.15) is 6.42 Å². The molecule has 0 aromatic heterocycles. The van der Waals surface area contributed by atoms with Crippen LogP contribution in [0.25, 0.3) is 0 Å². The third-order valence-electron chi connectivity index (χ3n) is 2.80. The zero-order chi connectivity index (χ0) is 13.9. The molecule has 0 unspecified atom stereocenters. The molecule has 0 aliphatic carbocycles. The van der Waals surface area contributed by atoms with Crippen LogP contribution in [0.2, 0.25) is 0 Å². The van der Waals surface area contributed by atoms with Crippen LogP contribution in [0.3, 0.4) is 0 Å². The third kappa shape index (κ3) is 7.31. The molecule has 1 fully saturated rings. The molecule has 0 radical (unpaired) electrons. The minimum atomic E-state index is -0.879. The lowest BCUT2D eigenvalue weighted by Crippen LogP contribution is -2.28. The summed E-state index contributed by atoms with van der Waals surface area (Å²) in [6.07, 6.45) is -0.125. The first kappa shape index (κ1) is 16.2. The van der Waals surface area contributed by atoms with Crippen LogP contribution >= 0.6 is 0 Å². The highest BCUT2D eigenvalue weighted by molar-refractivity contribution is 5.65. The highest BCUT2D eigenvalue weighted by atomic mass is 16.6. The number of carboxylic acid groups (broad SMARTS) is 1. The second-order valence-corrected chi connectivity index (χ2v) is 4.23. The first-order valence-electron chi connectivity index (χ1n) is 6.48. The molecule has 1 atom stereocenters. The van der Waals surface area contributed by atoms with E-state index >= 15 is 0 Å². The maximum atomic E-state index is 10.7. The van der Waals surface area contributed by atoms with Gasteiger partial charge in [0.25, 0.3) is 0 Å². The highest BCUT2D eigenvalue weighted by Gasteiger charge is 2.26. The Kier molecular flexibility index (Phi) is 8.48. The van der Waals surface area contributed by atoms with E-state index in [1.54, 1.807) is 7.11 Å². The zero-order valence-electron chi connectivity index (χ0n) is 11.4. The van der Waals surface area contributed by atoms with Gasteiger partial charge in [-0.05, 0) is 6.42 Å². The molecule has 1 aliphatic heterocycles. The summed E-state index contributed by atoms with van der Waals surface area (Å²) in [5.41, 5.74) is 0. The average Bonchev–Trinajstić information content (AvgIpc) is 2.86. The van der Waals surface area contributed by atoms with Gasteiger partial charge < -0.3 is 29.0 Å². The van der Waals surface area contributed by atoms with Crippen LogP contribution < -0.4 is 0 Å². The van der Waals surface area contributed by atoms with Crippen molar-refractivity contribution in [2.75, 3.05) is 59.8 Å². The smallest absolute Gasteiger partial charge is 0.407 e. The van der Waals surface area contributed by atoms with Gasteiger partial charge in [-0.25, -0.2) is 4.79 Å². The number of rotatable bonds is 10. The lowest BCUT2D eigenvalue weighted by atomic mass is 10.3. The quantitative estimate of drug-likeness (QED) is 0.584. The van der Waals surface area contributed by atoms with Crippen molar-refractivity contribution in [2.24, 2.45) is 0 Å². The number of likely N-dealkylation sites (tertiary alicyclic amines) is 1. The Balaban J connectivity index is 1.85. The zero-order valence-corrected chi connectivity index (χ0v) is 11.4. The van der Waals surface area contributed by atoms with E-state index in [2.05, 4.69) is 0 Å². The van der Waals surface area contributed by atoms with Gasteiger partial charge in [0.05, 0.1) is 52.3 Å². The molecule has 7 heteroatoms. The molecule has 1 aliphatic rings. The Morgan fingerprint density at radius 1 is 1.16 bits per heavy atom. The Hall–Kier alpha value is -0.890. The van der Waals surface area contributed by atoms with Gasteiger partial charge in [-0.1, -0.05) is 0 Å². The number of hydrogen-bond donors (Lipinski definition) is 1. The van der Waals surface area contributed by atoms with Gasteiger partial charge in [0, 0.05) is 13.7 Å². The van der Waals surface area contributed by atoms with E-state index in [4.69, 9.17) is 24.1 Å². The lowest BCUT2D eigenvalue weighted by Gasteiger charge is -2.13. The summed E-state index contributed by atoms with van der Waals surface area (Å²) >= 11 is 0. The van der Waals surface area contributed by atoms with Crippen molar-refractivity contribution in [3.05, 3.63) is 0 Å². The Labute approximate surface area is 113 Å². The fourth-order valence-corrected chi connectivity index (χ4v) is 1.78. The molecule has 0 spiro atoms.